The second kappa shape index (κ2) is 7.60. The lowest BCUT2D eigenvalue weighted by Gasteiger charge is -2.33. The summed E-state index contributed by atoms with van der Waals surface area (Å²) in [5, 5.41) is 4.83. The van der Waals surface area contributed by atoms with Gasteiger partial charge in [0.2, 0.25) is 5.69 Å². The van der Waals surface area contributed by atoms with Crippen molar-refractivity contribution in [3.63, 3.8) is 0 Å². The molecule has 1 nitrogen and oxygen atoms in total. The third kappa shape index (κ3) is 3.72. The fourth-order valence-corrected chi connectivity index (χ4v) is 7.93. The molecule has 2 heteroatoms. The van der Waals surface area contributed by atoms with Crippen molar-refractivity contribution in [3.05, 3.63) is 77.5 Å². The van der Waals surface area contributed by atoms with Gasteiger partial charge in [-0.25, -0.2) is 0 Å². The maximum atomic E-state index is 8.93. The molecule has 0 radical (unpaired) electrons. The maximum Gasteiger partial charge on any atom is 0.220 e. The highest BCUT2D eigenvalue weighted by Crippen LogP contribution is 2.40. The van der Waals surface area contributed by atoms with Crippen molar-refractivity contribution >= 4 is 29.6 Å². The van der Waals surface area contributed by atoms with Crippen LogP contribution in [0.2, 0.25) is 25.2 Å². The predicted octanol–water partition coefficient (Wildman–Crippen LogP) is 7.69. The van der Waals surface area contributed by atoms with Crippen LogP contribution in [0.1, 0.15) is 37.0 Å². The molecule has 0 saturated carbocycles. The van der Waals surface area contributed by atoms with Crippen LogP contribution in [-0.2, 0) is 7.05 Å². The van der Waals surface area contributed by atoms with E-state index in [-0.39, 0.29) is 0 Å². The molecule has 0 bridgehead atoms. The molecular formula is C29H34NSi+. The first kappa shape index (κ1) is 19.2. The first-order valence-electron chi connectivity index (χ1n) is 12.2. The topological polar surface area (TPSA) is 3.88 Å². The van der Waals surface area contributed by atoms with E-state index in [2.05, 4.69) is 93.2 Å². The minimum atomic E-state index is -0.968. The van der Waals surface area contributed by atoms with Crippen molar-refractivity contribution in [3.8, 4) is 11.3 Å². The summed E-state index contributed by atoms with van der Waals surface area (Å²) in [7, 11) is 1.14. The van der Waals surface area contributed by atoms with Crippen LogP contribution in [0.5, 0.6) is 0 Å². The van der Waals surface area contributed by atoms with Crippen molar-refractivity contribution in [1.82, 2.24) is 0 Å². The predicted molar refractivity (Wildman–Crippen MR) is 137 cm³/mol. The van der Waals surface area contributed by atoms with Gasteiger partial charge >= 0.3 is 0 Å². The third-order valence-electron chi connectivity index (χ3n) is 7.61. The molecule has 0 aliphatic carbocycles. The minimum absolute atomic E-state index is 0.652. The molecule has 0 unspecified atom stereocenters. The van der Waals surface area contributed by atoms with Gasteiger partial charge in [0, 0.05) is 21.0 Å². The Hall–Kier alpha value is -2.45. The van der Waals surface area contributed by atoms with E-state index < -0.39 is 8.07 Å². The summed E-state index contributed by atoms with van der Waals surface area (Å²) in [6.07, 6.45) is 2.63. The van der Waals surface area contributed by atoms with Crippen molar-refractivity contribution < 1.29 is 5.94 Å². The molecule has 2 heterocycles. The monoisotopic (exact) mass is 425 g/mol. The van der Waals surface area contributed by atoms with E-state index in [1.807, 2.05) is 0 Å². The third-order valence-corrected chi connectivity index (χ3v) is 10.9. The van der Waals surface area contributed by atoms with Crippen LogP contribution >= 0.6 is 0 Å². The summed E-state index contributed by atoms with van der Waals surface area (Å²) in [5.74, 6) is 0.652. The van der Waals surface area contributed by atoms with Crippen molar-refractivity contribution in [2.75, 3.05) is 0 Å². The summed E-state index contributed by atoms with van der Waals surface area (Å²) in [6, 6.07) is 23.7. The summed E-state index contributed by atoms with van der Waals surface area (Å²) < 4.78 is 11.2. The Morgan fingerprint density at radius 2 is 1.58 bits per heavy atom. The van der Waals surface area contributed by atoms with Crippen molar-refractivity contribution in [1.29, 1.82) is 0 Å². The second-order valence-corrected chi connectivity index (χ2v) is 15.7. The normalized spacial score (nSPS) is 17.3. The van der Waals surface area contributed by atoms with Gasteiger partial charge in [0.05, 0.1) is 12.3 Å². The van der Waals surface area contributed by atoms with Crippen molar-refractivity contribution in [2.24, 2.45) is 7.05 Å². The Labute approximate surface area is 189 Å². The van der Waals surface area contributed by atoms with Crippen LogP contribution in [0.4, 0.5) is 0 Å². The molecule has 0 atom stereocenters. The highest BCUT2D eigenvalue weighted by Gasteiger charge is 2.29. The lowest BCUT2D eigenvalue weighted by atomic mass is 9.90. The van der Waals surface area contributed by atoms with Crippen LogP contribution in [0.15, 0.2) is 60.6 Å². The lowest BCUT2D eigenvalue weighted by molar-refractivity contribution is -0.665. The largest absolute Gasteiger partial charge is 0.220 e. The molecule has 1 fully saturated rings. The number of benzene rings is 3. The van der Waals surface area contributed by atoms with Gasteiger partial charge in [-0.1, -0.05) is 67.6 Å². The van der Waals surface area contributed by atoms with Gasteiger partial charge in [-0.3, -0.25) is 0 Å². The van der Waals surface area contributed by atoms with Gasteiger partial charge in [0.1, 0.15) is 7.05 Å². The van der Waals surface area contributed by atoms with E-state index in [0.29, 0.717) is 12.0 Å². The summed E-state index contributed by atoms with van der Waals surface area (Å²) in [6.45, 7) is 9.36. The number of fused-ring (bicyclic) bond motifs is 2. The smallest absolute Gasteiger partial charge is 0.198 e. The Balaban J connectivity index is 1.70. The standard InChI is InChI=1S/C29H34NSi/c1-20-16-23-8-6-7-9-24(23)19-28(20)29-27-11-10-25(18-26(27)17-21(2)30(29)3)22-12-14-31(4,5)15-13-22/h6-11,16-19,22H,12-15H2,1-5H3/q+1/i17D. The highest BCUT2D eigenvalue weighted by atomic mass is 28.3. The van der Waals surface area contributed by atoms with Gasteiger partial charge in [-0.15, -0.1) is 0 Å². The number of rotatable bonds is 2. The molecule has 31 heavy (non-hydrogen) atoms. The first-order chi connectivity index (χ1) is 15.2. The molecule has 0 spiro atoms. The average molecular weight is 426 g/mol. The van der Waals surface area contributed by atoms with Crippen LogP contribution < -0.4 is 4.57 Å². The van der Waals surface area contributed by atoms with Gasteiger partial charge in [0.25, 0.3) is 0 Å². The van der Waals surface area contributed by atoms with E-state index in [1.54, 1.807) is 0 Å². The zero-order valence-corrected chi connectivity index (χ0v) is 20.5. The minimum Gasteiger partial charge on any atom is -0.198 e. The molecule has 158 valence electrons. The SMILES string of the molecule is [2H]c1c(C)[n+](C)c(-c2cc3ccccc3cc2C)c2ccc(C3CC[Si](C)(C)CC3)cc12. The molecular weight excluding hydrogens is 390 g/mol. The quantitative estimate of drug-likeness (QED) is 0.229. The van der Waals surface area contributed by atoms with E-state index in [1.165, 1.54) is 63.5 Å². The molecule has 3 aromatic carbocycles. The van der Waals surface area contributed by atoms with Crippen LogP contribution in [-0.4, -0.2) is 8.07 Å². The molecule has 1 aliphatic rings. The average Bonchev–Trinajstić information content (AvgIpc) is 2.78. The fourth-order valence-electron chi connectivity index (χ4n) is 5.42. The summed E-state index contributed by atoms with van der Waals surface area (Å²) in [4.78, 5) is 0. The Morgan fingerprint density at radius 3 is 2.29 bits per heavy atom. The number of aryl methyl sites for hydroxylation is 1. The summed E-state index contributed by atoms with van der Waals surface area (Å²) >= 11 is 0. The Kier molecular flexibility index (Phi) is 4.72. The number of hydrogen-bond donors (Lipinski definition) is 0. The van der Waals surface area contributed by atoms with Gasteiger partial charge in [0.15, 0.2) is 5.69 Å². The maximum absolute atomic E-state index is 8.93. The van der Waals surface area contributed by atoms with Crippen LogP contribution in [0.25, 0.3) is 32.8 Å². The molecule has 5 rings (SSSR count). The molecule has 1 aliphatic heterocycles. The second-order valence-electron chi connectivity index (χ2n) is 10.4. The highest BCUT2D eigenvalue weighted by molar-refractivity contribution is 6.77. The van der Waals surface area contributed by atoms with E-state index in [9.17, 15) is 0 Å². The van der Waals surface area contributed by atoms with E-state index in [0.717, 1.165) is 11.1 Å². The van der Waals surface area contributed by atoms with E-state index in [4.69, 9.17) is 1.37 Å². The number of aromatic nitrogens is 1. The van der Waals surface area contributed by atoms with Crippen molar-refractivity contribution in [2.45, 2.75) is 57.8 Å². The van der Waals surface area contributed by atoms with Crippen LogP contribution in [0.3, 0.4) is 0 Å². The van der Waals surface area contributed by atoms with Crippen LogP contribution in [0, 0.1) is 13.8 Å². The molecule has 4 aromatic rings. The van der Waals surface area contributed by atoms with Gasteiger partial charge in [-0.05, 0) is 65.1 Å². The fraction of sp³-hybridized carbons (Fsp3) is 0.345. The Morgan fingerprint density at radius 1 is 0.903 bits per heavy atom. The summed E-state index contributed by atoms with van der Waals surface area (Å²) in [5.41, 5.74) is 6.22. The zero-order chi connectivity index (χ0) is 22.6. The number of pyridine rings is 1. The molecule has 0 N–H and O–H groups in total. The molecule has 1 aromatic heterocycles. The Bertz CT molecular complexity index is 1340. The van der Waals surface area contributed by atoms with Gasteiger partial charge in [-0.2, -0.15) is 4.57 Å². The first-order valence-corrected chi connectivity index (χ1v) is 15.1. The zero-order valence-electron chi connectivity index (χ0n) is 20.5. The number of nitrogens with zero attached hydrogens (tertiary/aromatic N) is 1. The van der Waals surface area contributed by atoms with E-state index >= 15 is 0 Å². The lowest BCUT2D eigenvalue weighted by Crippen LogP contribution is -2.35. The molecule has 1 saturated heterocycles. The molecule has 0 amide bonds. The van der Waals surface area contributed by atoms with Gasteiger partial charge < -0.3 is 0 Å². The number of hydrogen-bond acceptors (Lipinski definition) is 0.